The van der Waals surface area contributed by atoms with E-state index in [1.54, 1.807) is 0 Å². The van der Waals surface area contributed by atoms with Crippen LogP contribution in [0.2, 0.25) is 0 Å². The van der Waals surface area contributed by atoms with Gasteiger partial charge in [-0.3, -0.25) is 14.4 Å². The van der Waals surface area contributed by atoms with Crippen molar-refractivity contribution in [2.45, 2.75) is 320 Å². The first kappa shape index (κ1) is 57.6. The van der Waals surface area contributed by atoms with Crippen molar-refractivity contribution in [3.63, 3.8) is 0 Å². The molecule has 4 saturated heterocycles. The molecule has 10 nitrogen and oxygen atoms in total. The van der Waals surface area contributed by atoms with E-state index >= 15 is 0 Å². The Balaban J connectivity index is 1.01. The van der Waals surface area contributed by atoms with Gasteiger partial charge in [0.05, 0.1) is 48.8 Å². The molecule has 10 heteroatoms. The molecule has 0 radical (unpaired) electrons. The van der Waals surface area contributed by atoms with E-state index in [0.29, 0.717) is 68.1 Å². The van der Waals surface area contributed by atoms with Crippen LogP contribution in [0.5, 0.6) is 0 Å². The Morgan fingerprint density at radius 1 is 0.388 bits per heavy atom. The molecule has 9 atom stereocenters. The van der Waals surface area contributed by atoms with E-state index in [1.165, 1.54) is 103 Å². The summed E-state index contributed by atoms with van der Waals surface area (Å²) in [7, 11) is 0. The average molecular weight is 945 g/mol. The molecule has 0 spiro atoms. The van der Waals surface area contributed by atoms with E-state index in [1.807, 2.05) is 0 Å². The molecule has 0 aromatic carbocycles. The third-order valence-electron chi connectivity index (χ3n) is 14.4. The van der Waals surface area contributed by atoms with Gasteiger partial charge in [-0.2, -0.15) is 0 Å². The zero-order valence-corrected chi connectivity index (χ0v) is 43.2. The lowest BCUT2D eigenvalue weighted by molar-refractivity contribution is -0.167. The Labute approximate surface area is 409 Å². The minimum atomic E-state index is -0.806. The predicted molar refractivity (Wildman–Crippen MR) is 268 cm³/mol. The van der Waals surface area contributed by atoms with Gasteiger partial charge in [-0.15, -0.1) is 0 Å². The second-order valence-corrected chi connectivity index (χ2v) is 20.7. The third-order valence-corrected chi connectivity index (χ3v) is 14.4. The number of carbonyl (C=O) groups excluding carboxylic acids is 3. The van der Waals surface area contributed by atoms with Crippen LogP contribution in [-0.4, -0.2) is 86.1 Å². The van der Waals surface area contributed by atoms with Gasteiger partial charge in [0.15, 0.2) is 6.10 Å². The van der Waals surface area contributed by atoms with E-state index in [4.69, 9.17) is 33.2 Å². The van der Waals surface area contributed by atoms with Crippen molar-refractivity contribution in [2.75, 3.05) is 13.2 Å². The molecule has 0 N–H and O–H groups in total. The maximum atomic E-state index is 12.9. The summed E-state index contributed by atoms with van der Waals surface area (Å²) in [5.41, 5.74) is 0. The van der Waals surface area contributed by atoms with Crippen molar-refractivity contribution in [1.29, 1.82) is 0 Å². The third kappa shape index (κ3) is 29.7. The van der Waals surface area contributed by atoms with Crippen LogP contribution in [-0.2, 0) is 47.5 Å². The molecular weight excluding hydrogens is 845 g/mol. The molecule has 4 rings (SSSR count). The highest BCUT2D eigenvalue weighted by Crippen LogP contribution is 2.39. The molecule has 0 aliphatic carbocycles. The Hall–Kier alpha value is -2.01. The molecule has 0 saturated carbocycles. The Bertz CT molecular complexity index is 1310. The Kier molecular flexibility index (Phi) is 31.7. The van der Waals surface area contributed by atoms with Crippen LogP contribution < -0.4 is 0 Å². The first-order chi connectivity index (χ1) is 32.9. The molecule has 4 aliphatic rings. The van der Waals surface area contributed by atoms with E-state index < -0.39 is 6.10 Å². The number of esters is 3. The SMILES string of the molecule is CCCCC/C=C/CC1OC1CCCCCCCC(=O)OCC(COC(=O)CCCCCCCC1OC1CCCCCCCC)OC(=O)CCCCCCCC1OC1CC1OC1CCCCC. The number of unbranched alkanes of at least 4 members (excludes halogenated alkanes) is 22. The average Bonchev–Trinajstić information content (AvgIpc) is 4.15. The summed E-state index contributed by atoms with van der Waals surface area (Å²) in [6.07, 6.45) is 48.2. The molecular formula is C57H100O10. The van der Waals surface area contributed by atoms with E-state index in [0.717, 1.165) is 122 Å². The fraction of sp³-hybridized carbons (Fsp3) is 0.912. The number of epoxide rings is 4. The minimum Gasteiger partial charge on any atom is -0.462 e. The number of allylic oxidation sites excluding steroid dienone is 1. The van der Waals surface area contributed by atoms with Gasteiger partial charge in [-0.1, -0.05) is 181 Å². The normalized spacial score (nSPS) is 24.2. The van der Waals surface area contributed by atoms with Crippen molar-refractivity contribution >= 4 is 17.9 Å². The highest BCUT2D eigenvalue weighted by Gasteiger charge is 2.47. The first-order valence-electron chi connectivity index (χ1n) is 28.7. The van der Waals surface area contributed by atoms with Gasteiger partial charge < -0.3 is 33.2 Å². The molecule has 388 valence electrons. The minimum absolute atomic E-state index is 0.101. The highest BCUT2D eigenvalue weighted by molar-refractivity contribution is 5.71. The van der Waals surface area contributed by atoms with Crippen molar-refractivity contribution in [2.24, 2.45) is 0 Å². The molecule has 0 aromatic rings. The molecule has 4 fully saturated rings. The summed E-state index contributed by atoms with van der Waals surface area (Å²) >= 11 is 0. The predicted octanol–water partition coefficient (Wildman–Crippen LogP) is 14.5. The summed E-state index contributed by atoms with van der Waals surface area (Å²) in [6.45, 7) is 6.53. The Morgan fingerprint density at radius 3 is 1.22 bits per heavy atom. The lowest BCUT2D eigenvalue weighted by Crippen LogP contribution is -2.30. The summed E-state index contributed by atoms with van der Waals surface area (Å²) in [4.78, 5) is 38.3. The van der Waals surface area contributed by atoms with Crippen molar-refractivity contribution in [3.8, 4) is 0 Å². The van der Waals surface area contributed by atoms with Gasteiger partial charge in [-0.25, -0.2) is 0 Å². The van der Waals surface area contributed by atoms with Gasteiger partial charge >= 0.3 is 17.9 Å². The largest absolute Gasteiger partial charge is 0.462 e. The van der Waals surface area contributed by atoms with Crippen LogP contribution in [0.25, 0.3) is 0 Å². The van der Waals surface area contributed by atoms with Crippen molar-refractivity contribution in [1.82, 2.24) is 0 Å². The zero-order valence-electron chi connectivity index (χ0n) is 43.2. The first-order valence-corrected chi connectivity index (χ1v) is 28.7. The molecule has 0 amide bonds. The van der Waals surface area contributed by atoms with Crippen molar-refractivity contribution < 1.29 is 47.5 Å². The molecule has 67 heavy (non-hydrogen) atoms. The van der Waals surface area contributed by atoms with E-state index in [-0.39, 0.29) is 31.1 Å². The topological polar surface area (TPSA) is 129 Å². The van der Waals surface area contributed by atoms with Crippen LogP contribution in [0.1, 0.15) is 265 Å². The molecule has 4 heterocycles. The number of ether oxygens (including phenoxy) is 7. The van der Waals surface area contributed by atoms with Crippen LogP contribution >= 0.6 is 0 Å². The fourth-order valence-corrected chi connectivity index (χ4v) is 9.73. The maximum Gasteiger partial charge on any atom is 0.306 e. The lowest BCUT2D eigenvalue weighted by Gasteiger charge is -2.18. The van der Waals surface area contributed by atoms with Gasteiger partial charge in [0, 0.05) is 25.7 Å². The summed E-state index contributed by atoms with van der Waals surface area (Å²) in [5, 5.41) is 0. The Morgan fingerprint density at radius 2 is 0.731 bits per heavy atom. The van der Waals surface area contributed by atoms with Gasteiger partial charge in [-0.05, 0) is 70.6 Å². The number of hydrogen-bond acceptors (Lipinski definition) is 10. The molecule has 4 aliphatic heterocycles. The second-order valence-electron chi connectivity index (χ2n) is 20.7. The second kappa shape index (κ2) is 36.9. The lowest BCUT2D eigenvalue weighted by atomic mass is 10.0. The zero-order chi connectivity index (χ0) is 47.6. The number of rotatable bonds is 48. The monoisotopic (exact) mass is 945 g/mol. The summed E-state index contributed by atoms with van der Waals surface area (Å²) < 4.78 is 40.4. The summed E-state index contributed by atoms with van der Waals surface area (Å²) in [5.74, 6) is -0.944. The van der Waals surface area contributed by atoms with Gasteiger partial charge in [0.2, 0.25) is 0 Å². The van der Waals surface area contributed by atoms with Crippen LogP contribution in [0.4, 0.5) is 0 Å². The van der Waals surface area contributed by atoms with Gasteiger partial charge in [0.25, 0.3) is 0 Å². The van der Waals surface area contributed by atoms with E-state index in [9.17, 15) is 14.4 Å². The maximum absolute atomic E-state index is 12.9. The summed E-state index contributed by atoms with van der Waals surface area (Å²) in [6, 6.07) is 0. The fourth-order valence-electron chi connectivity index (χ4n) is 9.73. The standard InChI is InChI=1S/C57H100O10/c1-4-7-10-12-17-26-35-47-49(64-47)37-28-19-14-22-31-40-55(58)61-44-46(45-62-56(59)41-32-23-15-20-29-38-50-48(65-50)36-27-18-13-11-8-5-2)63-57(60)42-33-24-16-21-30-39-52-54(67-52)43-53-51(66-53)34-25-9-6-3/h17,26,46-54H,4-16,18-25,27-45H2,1-3H3/b26-17+. The van der Waals surface area contributed by atoms with Crippen LogP contribution in [0.15, 0.2) is 12.2 Å². The molecule has 0 bridgehead atoms. The van der Waals surface area contributed by atoms with Gasteiger partial charge in [0.1, 0.15) is 13.2 Å². The molecule has 0 aromatic heterocycles. The van der Waals surface area contributed by atoms with Crippen LogP contribution in [0.3, 0.4) is 0 Å². The number of carbonyl (C=O) groups is 3. The molecule has 9 unspecified atom stereocenters. The van der Waals surface area contributed by atoms with Crippen molar-refractivity contribution in [3.05, 3.63) is 12.2 Å². The number of hydrogen-bond donors (Lipinski definition) is 0. The smallest absolute Gasteiger partial charge is 0.306 e. The van der Waals surface area contributed by atoms with E-state index in [2.05, 4.69) is 32.9 Å². The van der Waals surface area contributed by atoms with Crippen LogP contribution in [0, 0.1) is 0 Å². The highest BCUT2D eigenvalue weighted by atomic mass is 16.6. The quantitative estimate of drug-likeness (QED) is 0.0191.